The molecule has 0 saturated carbocycles. The minimum absolute atomic E-state index is 0.351. The monoisotopic (exact) mass is 384 g/mol. The lowest BCUT2D eigenvalue weighted by Crippen LogP contribution is -2.44. The number of alkyl halides is 2. The van der Waals surface area contributed by atoms with Gasteiger partial charge in [-0.2, -0.15) is 0 Å². The minimum Gasteiger partial charge on any atom is -0.444 e. The predicted molar refractivity (Wildman–Crippen MR) is 82.9 cm³/mol. The zero-order chi connectivity index (χ0) is 16.1. The molecule has 0 atom stereocenters. The molecule has 1 heterocycles. The molecule has 0 aliphatic carbocycles. The molecule has 0 aliphatic heterocycles. The normalized spacial score (nSPS) is 12.3. The first kappa shape index (κ1) is 18.3. The third kappa shape index (κ3) is 8.33. The summed E-state index contributed by atoms with van der Waals surface area (Å²) >= 11 is 4.81. The van der Waals surface area contributed by atoms with Gasteiger partial charge in [-0.25, -0.2) is 13.6 Å². The molecule has 21 heavy (non-hydrogen) atoms. The van der Waals surface area contributed by atoms with Gasteiger partial charge in [0, 0.05) is 6.54 Å². The van der Waals surface area contributed by atoms with Gasteiger partial charge in [0.25, 0.3) is 5.92 Å². The Morgan fingerprint density at radius 2 is 2.05 bits per heavy atom. The van der Waals surface area contributed by atoms with E-state index < -0.39 is 30.7 Å². The second-order valence-electron chi connectivity index (χ2n) is 5.57. The van der Waals surface area contributed by atoms with E-state index in [1.165, 1.54) is 11.3 Å². The van der Waals surface area contributed by atoms with Crippen LogP contribution in [0.3, 0.4) is 0 Å². The SMILES string of the molecule is CC(C)(C)OC(=O)NCC(F)(F)CNCc1csc(Br)c1. The molecule has 1 rings (SSSR count). The lowest BCUT2D eigenvalue weighted by Gasteiger charge is -2.22. The second-order valence-corrected chi connectivity index (χ2v) is 7.86. The average Bonchev–Trinajstić information content (AvgIpc) is 2.70. The van der Waals surface area contributed by atoms with Gasteiger partial charge in [-0.15, -0.1) is 11.3 Å². The zero-order valence-electron chi connectivity index (χ0n) is 12.1. The molecular weight excluding hydrogens is 366 g/mol. The summed E-state index contributed by atoms with van der Waals surface area (Å²) in [5.41, 5.74) is 0.229. The van der Waals surface area contributed by atoms with E-state index in [9.17, 15) is 13.6 Å². The van der Waals surface area contributed by atoms with E-state index in [0.29, 0.717) is 6.54 Å². The number of hydrogen-bond donors (Lipinski definition) is 2. The lowest BCUT2D eigenvalue weighted by molar-refractivity contribution is -0.00375. The first-order valence-electron chi connectivity index (χ1n) is 6.36. The van der Waals surface area contributed by atoms with Gasteiger partial charge in [0.05, 0.1) is 16.9 Å². The number of ether oxygens (including phenoxy) is 1. The van der Waals surface area contributed by atoms with Crippen LogP contribution in [0.1, 0.15) is 26.3 Å². The summed E-state index contributed by atoms with van der Waals surface area (Å²) in [6.07, 6.45) is -0.844. The average molecular weight is 385 g/mol. The fraction of sp³-hybridized carbons (Fsp3) is 0.615. The molecule has 0 fully saturated rings. The first-order valence-corrected chi connectivity index (χ1v) is 8.03. The van der Waals surface area contributed by atoms with Crippen molar-refractivity contribution >= 4 is 33.4 Å². The summed E-state index contributed by atoms with van der Waals surface area (Å²) in [5.74, 6) is -3.04. The number of rotatable bonds is 6. The highest BCUT2D eigenvalue weighted by atomic mass is 79.9. The van der Waals surface area contributed by atoms with E-state index in [1.54, 1.807) is 20.8 Å². The summed E-state index contributed by atoms with van der Waals surface area (Å²) in [6, 6.07) is 1.87. The van der Waals surface area contributed by atoms with Crippen LogP contribution in [0.15, 0.2) is 15.2 Å². The summed E-state index contributed by atoms with van der Waals surface area (Å²) in [7, 11) is 0. The van der Waals surface area contributed by atoms with Crippen molar-refractivity contribution < 1.29 is 18.3 Å². The Hall–Kier alpha value is -0.730. The number of alkyl carbamates (subject to hydrolysis) is 1. The highest BCUT2D eigenvalue weighted by molar-refractivity contribution is 9.11. The minimum atomic E-state index is -3.04. The highest BCUT2D eigenvalue weighted by Crippen LogP contribution is 2.20. The van der Waals surface area contributed by atoms with Gasteiger partial charge in [0.15, 0.2) is 0 Å². The van der Waals surface area contributed by atoms with Crippen LogP contribution in [-0.2, 0) is 11.3 Å². The van der Waals surface area contributed by atoms with Crippen molar-refractivity contribution in [2.24, 2.45) is 0 Å². The fourth-order valence-corrected chi connectivity index (χ4v) is 2.62. The maximum atomic E-state index is 13.6. The molecule has 0 saturated heterocycles. The number of amides is 1. The largest absolute Gasteiger partial charge is 0.444 e. The highest BCUT2D eigenvalue weighted by Gasteiger charge is 2.30. The summed E-state index contributed by atoms with van der Waals surface area (Å²) in [4.78, 5) is 11.3. The van der Waals surface area contributed by atoms with Gasteiger partial charge in [-0.1, -0.05) is 0 Å². The van der Waals surface area contributed by atoms with Crippen LogP contribution in [0.25, 0.3) is 0 Å². The van der Waals surface area contributed by atoms with Gasteiger partial charge in [-0.05, 0) is 53.7 Å². The number of carbonyl (C=O) groups excluding carboxylic acids is 1. The van der Waals surface area contributed by atoms with Crippen molar-refractivity contribution in [3.63, 3.8) is 0 Å². The number of halogens is 3. The van der Waals surface area contributed by atoms with Crippen LogP contribution >= 0.6 is 27.3 Å². The molecule has 0 radical (unpaired) electrons. The van der Waals surface area contributed by atoms with E-state index in [2.05, 4.69) is 26.6 Å². The smallest absolute Gasteiger partial charge is 0.407 e. The van der Waals surface area contributed by atoms with E-state index in [4.69, 9.17) is 4.74 Å². The Morgan fingerprint density at radius 3 is 2.57 bits per heavy atom. The maximum Gasteiger partial charge on any atom is 0.407 e. The van der Waals surface area contributed by atoms with Crippen LogP contribution in [0.5, 0.6) is 0 Å². The molecule has 1 amide bonds. The summed E-state index contributed by atoms with van der Waals surface area (Å²) < 4.78 is 33.0. The first-order chi connectivity index (χ1) is 9.57. The molecule has 0 aliphatic rings. The Labute approximate surface area is 135 Å². The molecule has 0 unspecified atom stereocenters. The molecule has 2 N–H and O–H groups in total. The lowest BCUT2D eigenvalue weighted by atomic mass is 10.2. The number of hydrogen-bond acceptors (Lipinski definition) is 4. The van der Waals surface area contributed by atoms with Crippen molar-refractivity contribution in [2.75, 3.05) is 13.1 Å². The summed E-state index contributed by atoms with van der Waals surface area (Å²) in [6.45, 7) is 4.09. The van der Waals surface area contributed by atoms with Crippen LogP contribution in [0.2, 0.25) is 0 Å². The molecule has 1 aromatic heterocycles. The van der Waals surface area contributed by atoms with Crippen LogP contribution in [0, 0.1) is 0 Å². The standard InChI is InChI=1S/C13H19BrF2N2O2S/c1-12(2,3)20-11(19)18-8-13(15,16)7-17-5-9-4-10(14)21-6-9/h4,6,17H,5,7-8H2,1-3H3,(H,18,19). The molecule has 0 bridgehead atoms. The Balaban J connectivity index is 2.28. The zero-order valence-corrected chi connectivity index (χ0v) is 14.5. The third-order valence-electron chi connectivity index (χ3n) is 2.22. The Morgan fingerprint density at radius 1 is 1.38 bits per heavy atom. The topological polar surface area (TPSA) is 50.4 Å². The molecule has 0 aromatic carbocycles. The second kappa shape index (κ2) is 7.51. The van der Waals surface area contributed by atoms with Crippen molar-refractivity contribution in [3.05, 3.63) is 20.8 Å². The Bertz CT molecular complexity index is 475. The number of thiophene rings is 1. The predicted octanol–water partition coefficient (Wildman–Crippen LogP) is 3.76. The third-order valence-corrected chi connectivity index (χ3v) is 3.78. The van der Waals surface area contributed by atoms with Crippen molar-refractivity contribution in [3.8, 4) is 0 Å². The quantitative estimate of drug-likeness (QED) is 0.784. The van der Waals surface area contributed by atoms with Crippen molar-refractivity contribution in [2.45, 2.75) is 38.8 Å². The number of nitrogens with one attached hydrogen (secondary N) is 2. The van der Waals surface area contributed by atoms with Gasteiger partial charge < -0.3 is 15.4 Å². The van der Waals surface area contributed by atoms with E-state index in [1.807, 2.05) is 11.4 Å². The van der Waals surface area contributed by atoms with Gasteiger partial charge >= 0.3 is 6.09 Å². The van der Waals surface area contributed by atoms with Crippen LogP contribution < -0.4 is 10.6 Å². The van der Waals surface area contributed by atoms with Gasteiger partial charge in [0.2, 0.25) is 0 Å². The molecule has 1 aromatic rings. The van der Waals surface area contributed by atoms with Crippen molar-refractivity contribution in [1.29, 1.82) is 0 Å². The van der Waals surface area contributed by atoms with Crippen molar-refractivity contribution in [1.82, 2.24) is 10.6 Å². The molecule has 120 valence electrons. The van der Waals surface area contributed by atoms with Crippen LogP contribution in [0.4, 0.5) is 13.6 Å². The van der Waals surface area contributed by atoms with Gasteiger partial charge in [0.1, 0.15) is 5.60 Å². The Kier molecular flexibility index (Phi) is 6.55. The summed E-state index contributed by atoms with van der Waals surface area (Å²) in [5, 5.41) is 6.63. The maximum absolute atomic E-state index is 13.6. The molecular formula is C13H19BrF2N2O2S. The molecule has 0 spiro atoms. The molecule has 8 heteroatoms. The van der Waals surface area contributed by atoms with E-state index in [-0.39, 0.29) is 0 Å². The van der Waals surface area contributed by atoms with E-state index >= 15 is 0 Å². The molecule has 4 nitrogen and oxygen atoms in total. The van der Waals surface area contributed by atoms with E-state index in [0.717, 1.165) is 9.35 Å². The van der Waals surface area contributed by atoms with Gasteiger partial charge in [-0.3, -0.25) is 0 Å². The number of carbonyl (C=O) groups is 1. The fourth-order valence-electron chi connectivity index (χ4n) is 1.41. The van der Waals surface area contributed by atoms with Crippen LogP contribution in [-0.4, -0.2) is 30.7 Å².